The van der Waals surface area contributed by atoms with Gasteiger partial charge in [-0.1, -0.05) is 42.3 Å². The molecule has 1 N–H and O–H groups in total. The third-order valence-electron chi connectivity index (χ3n) is 8.33. The molecule has 1 fully saturated rings. The Morgan fingerprint density at radius 2 is 1.88 bits per heavy atom. The fourth-order valence-electron chi connectivity index (χ4n) is 6.14. The molecule has 0 aliphatic heterocycles. The maximum atomic E-state index is 14.0. The van der Waals surface area contributed by atoms with Crippen molar-refractivity contribution in [3.05, 3.63) is 88.5 Å². The van der Waals surface area contributed by atoms with Gasteiger partial charge in [0.1, 0.15) is 5.82 Å². The van der Waals surface area contributed by atoms with Gasteiger partial charge in [-0.3, -0.25) is 4.79 Å². The summed E-state index contributed by atoms with van der Waals surface area (Å²) in [5, 5.41) is 14.8. The summed E-state index contributed by atoms with van der Waals surface area (Å²) < 4.78 is 54.3. The number of nitrogens with zero attached hydrogens (tertiary/aromatic N) is 3. The number of halogens is 4. The Morgan fingerprint density at radius 3 is 2.55 bits per heavy atom. The van der Waals surface area contributed by atoms with E-state index in [9.17, 15) is 27.5 Å². The molecule has 0 spiro atoms. The molecule has 212 valence electrons. The highest BCUT2D eigenvalue weighted by atomic mass is 19.4. The normalized spacial score (nSPS) is 21.0. The smallest absolute Gasteiger partial charge is 0.391 e. The molecule has 1 unspecified atom stereocenters. The molecule has 1 heterocycles. The van der Waals surface area contributed by atoms with Crippen LogP contribution in [0.4, 0.5) is 17.6 Å². The number of aryl methyl sites for hydroxylation is 1. The minimum Gasteiger partial charge on any atom is -0.391 e. The van der Waals surface area contributed by atoms with Crippen LogP contribution < -0.4 is 0 Å². The molecule has 1 amide bonds. The highest BCUT2D eigenvalue weighted by molar-refractivity contribution is 5.82. The third-order valence-corrected chi connectivity index (χ3v) is 8.33. The number of hydrogen-bond acceptors (Lipinski definition) is 3. The van der Waals surface area contributed by atoms with Gasteiger partial charge in [-0.25, -0.2) is 9.07 Å². The average Bonchev–Trinajstić information content (AvgIpc) is 3.44. The molecule has 5 rings (SSSR count). The average molecular weight is 556 g/mol. The first-order chi connectivity index (χ1) is 18.9. The number of hydrogen-bond donors (Lipinski definition) is 1. The molecule has 0 radical (unpaired) electrons. The monoisotopic (exact) mass is 555 g/mol. The minimum absolute atomic E-state index is 0.218. The van der Waals surface area contributed by atoms with Gasteiger partial charge in [0.25, 0.3) is 0 Å². The van der Waals surface area contributed by atoms with Crippen LogP contribution in [0.15, 0.2) is 60.3 Å². The predicted molar refractivity (Wildman–Crippen MR) is 144 cm³/mol. The summed E-state index contributed by atoms with van der Waals surface area (Å²) >= 11 is 0. The first-order valence-electron chi connectivity index (χ1n) is 13.6. The number of fused-ring (bicyclic) bond motifs is 2. The van der Waals surface area contributed by atoms with Crippen LogP contribution in [0.1, 0.15) is 48.6 Å². The predicted octanol–water partition coefficient (Wildman–Crippen LogP) is 6.06. The summed E-state index contributed by atoms with van der Waals surface area (Å²) in [5.41, 5.74) is 5.23. The third kappa shape index (κ3) is 5.84. The molecule has 0 saturated heterocycles. The van der Waals surface area contributed by atoms with E-state index in [-0.39, 0.29) is 24.8 Å². The van der Waals surface area contributed by atoms with E-state index >= 15 is 0 Å². The number of carbonyl (C=O) groups is 1. The number of allylic oxidation sites excluding steroid dienone is 1. The van der Waals surface area contributed by atoms with Crippen LogP contribution in [0.25, 0.3) is 11.8 Å². The van der Waals surface area contributed by atoms with Gasteiger partial charge in [0, 0.05) is 24.4 Å². The Kier molecular flexibility index (Phi) is 7.61. The zero-order valence-corrected chi connectivity index (χ0v) is 22.6. The number of amides is 1. The molecule has 2 aliphatic carbocycles. The standard InChI is InChI=1S/C31H33F4N3O2/c1-20-3-5-21(6-4-20)13-14-37(19-26(39)17-31(33,34)35)29(40)27-12-7-23-15-28-22(16-30(23,27)2)18-36-38(28)25-10-8-24(32)9-11-25/h3-6,8-11,15,18,26-27,39H,7,12-14,16-17,19H2,1-2H3/t26?,27-,30+/m1/s1. The summed E-state index contributed by atoms with van der Waals surface area (Å²) in [6, 6.07) is 13.9. The quantitative estimate of drug-likeness (QED) is 0.344. The van der Waals surface area contributed by atoms with Crippen molar-refractivity contribution in [3.63, 3.8) is 0 Å². The van der Waals surface area contributed by atoms with Crippen molar-refractivity contribution in [2.24, 2.45) is 11.3 Å². The lowest BCUT2D eigenvalue weighted by molar-refractivity contribution is -0.159. The van der Waals surface area contributed by atoms with E-state index < -0.39 is 30.0 Å². The molecular formula is C31H33F4N3O2. The lowest BCUT2D eigenvalue weighted by Crippen LogP contribution is -2.46. The highest BCUT2D eigenvalue weighted by Gasteiger charge is 2.50. The first-order valence-corrected chi connectivity index (χ1v) is 13.6. The molecule has 40 heavy (non-hydrogen) atoms. The molecule has 1 saturated carbocycles. The van der Waals surface area contributed by atoms with Crippen molar-refractivity contribution in [1.29, 1.82) is 0 Å². The zero-order chi connectivity index (χ0) is 28.7. The van der Waals surface area contributed by atoms with Crippen LogP contribution >= 0.6 is 0 Å². The number of alkyl halides is 3. The highest BCUT2D eigenvalue weighted by Crippen LogP contribution is 2.53. The lowest BCUT2D eigenvalue weighted by Gasteiger charge is -2.38. The SMILES string of the molecule is Cc1ccc(CCN(CC(O)CC(F)(F)F)C(=O)[C@H]2CCC3=Cc4c(cnn4-c4ccc(F)cc4)C[C@@]32C)cc1. The van der Waals surface area contributed by atoms with Crippen LogP contribution in [-0.2, 0) is 17.6 Å². The van der Waals surface area contributed by atoms with E-state index in [2.05, 4.69) is 11.2 Å². The molecule has 1 aromatic heterocycles. The van der Waals surface area contributed by atoms with Crippen molar-refractivity contribution in [2.75, 3.05) is 13.1 Å². The minimum atomic E-state index is -4.52. The summed E-state index contributed by atoms with van der Waals surface area (Å²) in [4.78, 5) is 15.4. The Balaban J connectivity index is 1.38. The fourth-order valence-corrected chi connectivity index (χ4v) is 6.14. The second-order valence-corrected chi connectivity index (χ2v) is 11.3. The summed E-state index contributed by atoms with van der Waals surface area (Å²) in [5.74, 6) is -0.995. The molecule has 3 aromatic rings. The lowest BCUT2D eigenvalue weighted by atomic mass is 9.69. The Bertz CT molecular complexity index is 1400. The maximum Gasteiger partial charge on any atom is 0.391 e. The van der Waals surface area contributed by atoms with Crippen molar-refractivity contribution < 1.29 is 27.5 Å². The van der Waals surface area contributed by atoms with Gasteiger partial charge in [0.05, 0.1) is 30.1 Å². The Hall–Kier alpha value is -3.46. The molecule has 9 heteroatoms. The number of aliphatic hydroxyl groups is 1. The van der Waals surface area contributed by atoms with E-state index in [1.165, 1.54) is 17.0 Å². The number of aliphatic hydroxyl groups excluding tert-OH is 1. The summed E-state index contributed by atoms with van der Waals surface area (Å²) in [7, 11) is 0. The van der Waals surface area contributed by atoms with Crippen LogP contribution in [0.5, 0.6) is 0 Å². The van der Waals surface area contributed by atoms with Gasteiger partial charge in [0.15, 0.2) is 0 Å². The molecular weight excluding hydrogens is 522 g/mol. The molecule has 0 bridgehead atoms. The van der Waals surface area contributed by atoms with E-state index in [1.54, 1.807) is 23.0 Å². The van der Waals surface area contributed by atoms with Crippen LogP contribution in [0.3, 0.4) is 0 Å². The van der Waals surface area contributed by atoms with E-state index in [1.807, 2.05) is 38.1 Å². The zero-order valence-electron chi connectivity index (χ0n) is 22.6. The van der Waals surface area contributed by atoms with Gasteiger partial charge < -0.3 is 10.0 Å². The Labute approximate surface area is 231 Å². The topological polar surface area (TPSA) is 58.4 Å². The van der Waals surface area contributed by atoms with Gasteiger partial charge in [0.2, 0.25) is 5.91 Å². The van der Waals surface area contributed by atoms with E-state index in [0.29, 0.717) is 25.7 Å². The maximum absolute atomic E-state index is 14.0. The molecule has 5 nitrogen and oxygen atoms in total. The van der Waals surface area contributed by atoms with Crippen molar-refractivity contribution in [2.45, 2.75) is 58.2 Å². The largest absolute Gasteiger partial charge is 0.391 e. The second-order valence-electron chi connectivity index (χ2n) is 11.3. The fraction of sp³-hybridized carbons (Fsp3) is 0.419. The van der Waals surface area contributed by atoms with Crippen molar-refractivity contribution >= 4 is 12.0 Å². The van der Waals surface area contributed by atoms with Gasteiger partial charge >= 0.3 is 6.18 Å². The summed E-state index contributed by atoms with van der Waals surface area (Å²) in [6.07, 6.45) is -1.47. The Morgan fingerprint density at radius 1 is 1.18 bits per heavy atom. The van der Waals surface area contributed by atoms with E-state index in [0.717, 1.165) is 33.6 Å². The number of aromatic nitrogens is 2. The van der Waals surface area contributed by atoms with Gasteiger partial charge in [-0.15, -0.1) is 0 Å². The molecule has 2 aromatic carbocycles. The first kappa shape index (κ1) is 28.1. The van der Waals surface area contributed by atoms with Gasteiger partial charge in [-0.2, -0.15) is 18.3 Å². The molecule has 2 aliphatic rings. The van der Waals surface area contributed by atoms with Crippen molar-refractivity contribution in [1.82, 2.24) is 14.7 Å². The van der Waals surface area contributed by atoms with Crippen molar-refractivity contribution in [3.8, 4) is 5.69 Å². The van der Waals surface area contributed by atoms with Gasteiger partial charge in [-0.05, 0) is 74.1 Å². The number of carbonyl (C=O) groups excluding carboxylic acids is 1. The van der Waals surface area contributed by atoms with Crippen LogP contribution in [0, 0.1) is 24.1 Å². The van der Waals surface area contributed by atoms with E-state index in [4.69, 9.17) is 0 Å². The van der Waals surface area contributed by atoms with Crippen LogP contribution in [0.2, 0.25) is 0 Å². The number of rotatable bonds is 8. The molecule has 3 atom stereocenters. The summed E-state index contributed by atoms with van der Waals surface area (Å²) in [6.45, 7) is 3.86. The second kappa shape index (κ2) is 10.8. The van der Waals surface area contributed by atoms with Crippen LogP contribution in [-0.4, -0.2) is 51.1 Å². The number of benzene rings is 2.